The first kappa shape index (κ1) is 11.9. The van der Waals surface area contributed by atoms with Crippen molar-refractivity contribution in [2.45, 2.75) is 19.9 Å². The maximum atomic E-state index is 5.98. The van der Waals surface area contributed by atoms with Crippen LogP contribution < -0.4 is 5.32 Å². The Morgan fingerprint density at radius 1 is 1.50 bits per heavy atom. The van der Waals surface area contributed by atoms with Crippen LogP contribution in [0.5, 0.6) is 0 Å². The van der Waals surface area contributed by atoms with E-state index in [-0.39, 0.29) is 0 Å². The van der Waals surface area contributed by atoms with Gasteiger partial charge in [0.15, 0.2) is 0 Å². The normalized spacial score (nSPS) is 20.2. The van der Waals surface area contributed by atoms with Crippen LogP contribution in [0, 0.1) is 12.8 Å². The summed E-state index contributed by atoms with van der Waals surface area (Å²) in [5.41, 5.74) is 2.44. The van der Waals surface area contributed by atoms with Gasteiger partial charge < -0.3 is 10.1 Å². The van der Waals surface area contributed by atoms with Gasteiger partial charge in [-0.05, 0) is 36.5 Å². The molecule has 1 aromatic rings. The summed E-state index contributed by atoms with van der Waals surface area (Å²) in [5, 5.41) is 4.31. The molecule has 0 radical (unpaired) electrons. The molecular weight excluding hydrogens is 222 g/mol. The van der Waals surface area contributed by atoms with Gasteiger partial charge in [0.1, 0.15) is 0 Å². The van der Waals surface area contributed by atoms with Crippen LogP contribution >= 0.6 is 11.6 Å². The van der Waals surface area contributed by atoms with Gasteiger partial charge >= 0.3 is 0 Å². The lowest BCUT2D eigenvalue weighted by Crippen LogP contribution is -2.22. The molecule has 0 bridgehead atoms. The standard InChI is InChI=1S/C13H18ClNO/c1-10-6-11(2-3-13(10)14)7-15-8-12-4-5-16-9-12/h2-3,6,12,15H,4-5,7-9H2,1H3. The Hall–Kier alpha value is -0.570. The molecule has 1 aromatic carbocycles. The molecule has 0 aliphatic carbocycles. The Bertz CT molecular complexity index is 348. The highest BCUT2D eigenvalue weighted by atomic mass is 35.5. The van der Waals surface area contributed by atoms with Crippen molar-refractivity contribution in [1.82, 2.24) is 5.32 Å². The van der Waals surface area contributed by atoms with Gasteiger partial charge in [0, 0.05) is 24.7 Å². The lowest BCUT2D eigenvalue weighted by molar-refractivity contribution is 0.185. The van der Waals surface area contributed by atoms with Crippen LogP contribution in [0.2, 0.25) is 5.02 Å². The molecule has 1 fully saturated rings. The number of benzene rings is 1. The van der Waals surface area contributed by atoms with Gasteiger partial charge in [-0.15, -0.1) is 0 Å². The second-order valence-corrected chi connectivity index (χ2v) is 4.85. The molecule has 1 saturated heterocycles. The molecule has 16 heavy (non-hydrogen) atoms. The lowest BCUT2D eigenvalue weighted by Gasteiger charge is -2.10. The first-order valence-corrected chi connectivity index (χ1v) is 6.17. The first-order valence-electron chi connectivity index (χ1n) is 5.79. The monoisotopic (exact) mass is 239 g/mol. The molecule has 1 aliphatic heterocycles. The molecule has 0 saturated carbocycles. The van der Waals surface area contributed by atoms with E-state index < -0.39 is 0 Å². The number of nitrogens with one attached hydrogen (secondary N) is 1. The highest BCUT2D eigenvalue weighted by Crippen LogP contribution is 2.16. The summed E-state index contributed by atoms with van der Waals surface area (Å²) < 4.78 is 5.34. The Kier molecular flexibility index (Phi) is 4.22. The van der Waals surface area contributed by atoms with Gasteiger partial charge in [0.2, 0.25) is 0 Å². The maximum Gasteiger partial charge on any atom is 0.0507 e. The molecule has 2 rings (SSSR count). The average Bonchev–Trinajstić information content (AvgIpc) is 2.76. The van der Waals surface area contributed by atoms with Crippen LogP contribution in [0.1, 0.15) is 17.5 Å². The number of hydrogen-bond acceptors (Lipinski definition) is 2. The van der Waals surface area contributed by atoms with Crippen LogP contribution in [0.3, 0.4) is 0 Å². The van der Waals surface area contributed by atoms with E-state index in [4.69, 9.17) is 16.3 Å². The number of aryl methyl sites for hydroxylation is 1. The van der Waals surface area contributed by atoms with Crippen molar-refractivity contribution < 1.29 is 4.74 Å². The van der Waals surface area contributed by atoms with Gasteiger partial charge in [0.25, 0.3) is 0 Å². The molecule has 1 unspecified atom stereocenters. The molecule has 1 atom stereocenters. The predicted octanol–water partition coefficient (Wildman–Crippen LogP) is 2.77. The summed E-state index contributed by atoms with van der Waals surface area (Å²) in [6.07, 6.45) is 1.19. The van der Waals surface area contributed by atoms with Crippen molar-refractivity contribution in [2.24, 2.45) is 5.92 Å². The van der Waals surface area contributed by atoms with E-state index in [0.29, 0.717) is 5.92 Å². The summed E-state index contributed by atoms with van der Waals surface area (Å²) in [5.74, 6) is 0.688. The van der Waals surface area contributed by atoms with Crippen molar-refractivity contribution in [3.05, 3.63) is 34.3 Å². The fourth-order valence-electron chi connectivity index (χ4n) is 1.98. The highest BCUT2D eigenvalue weighted by Gasteiger charge is 2.14. The Morgan fingerprint density at radius 3 is 3.06 bits per heavy atom. The zero-order valence-corrected chi connectivity index (χ0v) is 10.4. The smallest absolute Gasteiger partial charge is 0.0507 e. The zero-order valence-electron chi connectivity index (χ0n) is 9.63. The molecule has 0 aromatic heterocycles. The van der Waals surface area contributed by atoms with Crippen molar-refractivity contribution >= 4 is 11.6 Å². The summed E-state index contributed by atoms with van der Waals surface area (Å²) >= 11 is 5.98. The van der Waals surface area contributed by atoms with E-state index in [1.165, 1.54) is 12.0 Å². The predicted molar refractivity (Wildman–Crippen MR) is 66.8 cm³/mol. The summed E-state index contributed by atoms with van der Waals surface area (Å²) in [6, 6.07) is 6.18. The molecule has 88 valence electrons. The van der Waals surface area contributed by atoms with Crippen molar-refractivity contribution in [3.63, 3.8) is 0 Å². The van der Waals surface area contributed by atoms with Gasteiger partial charge in [-0.2, -0.15) is 0 Å². The van der Waals surface area contributed by atoms with E-state index in [1.54, 1.807) is 0 Å². The van der Waals surface area contributed by atoms with Crippen LogP contribution in [0.4, 0.5) is 0 Å². The molecule has 3 heteroatoms. The number of rotatable bonds is 4. The summed E-state index contributed by atoms with van der Waals surface area (Å²) in [4.78, 5) is 0. The number of hydrogen-bond donors (Lipinski definition) is 1. The topological polar surface area (TPSA) is 21.3 Å². The second-order valence-electron chi connectivity index (χ2n) is 4.44. The minimum absolute atomic E-state index is 0.688. The number of halogens is 1. The zero-order chi connectivity index (χ0) is 11.4. The Balaban J connectivity index is 1.78. The van der Waals surface area contributed by atoms with Gasteiger partial charge in [-0.3, -0.25) is 0 Å². The minimum atomic E-state index is 0.688. The molecule has 0 amide bonds. The van der Waals surface area contributed by atoms with Crippen LogP contribution in [-0.4, -0.2) is 19.8 Å². The van der Waals surface area contributed by atoms with E-state index in [2.05, 4.69) is 17.4 Å². The third kappa shape index (κ3) is 3.21. The molecule has 0 spiro atoms. The molecule has 2 nitrogen and oxygen atoms in total. The molecule has 1 aliphatic rings. The quantitative estimate of drug-likeness (QED) is 0.873. The van der Waals surface area contributed by atoms with Crippen LogP contribution in [0.25, 0.3) is 0 Å². The van der Waals surface area contributed by atoms with Gasteiger partial charge in [-0.25, -0.2) is 0 Å². The third-order valence-corrected chi connectivity index (χ3v) is 3.43. The fraction of sp³-hybridized carbons (Fsp3) is 0.538. The summed E-state index contributed by atoms with van der Waals surface area (Å²) in [7, 11) is 0. The Morgan fingerprint density at radius 2 is 2.38 bits per heavy atom. The number of ether oxygens (including phenoxy) is 1. The van der Waals surface area contributed by atoms with Gasteiger partial charge in [-0.1, -0.05) is 23.7 Å². The van der Waals surface area contributed by atoms with E-state index in [0.717, 1.165) is 36.9 Å². The van der Waals surface area contributed by atoms with Crippen molar-refractivity contribution in [1.29, 1.82) is 0 Å². The average molecular weight is 240 g/mol. The minimum Gasteiger partial charge on any atom is -0.381 e. The third-order valence-electron chi connectivity index (χ3n) is 3.01. The lowest BCUT2D eigenvalue weighted by atomic mass is 10.1. The first-order chi connectivity index (χ1) is 7.75. The second kappa shape index (κ2) is 5.67. The highest BCUT2D eigenvalue weighted by molar-refractivity contribution is 6.31. The molecular formula is C13H18ClNO. The maximum absolute atomic E-state index is 5.98. The van der Waals surface area contributed by atoms with Gasteiger partial charge in [0.05, 0.1) is 6.61 Å². The van der Waals surface area contributed by atoms with Crippen LogP contribution in [-0.2, 0) is 11.3 Å². The van der Waals surface area contributed by atoms with Crippen molar-refractivity contribution in [3.8, 4) is 0 Å². The van der Waals surface area contributed by atoms with Crippen LogP contribution in [0.15, 0.2) is 18.2 Å². The summed E-state index contributed by atoms with van der Waals surface area (Å²) in [6.45, 7) is 5.83. The van der Waals surface area contributed by atoms with Crippen molar-refractivity contribution in [2.75, 3.05) is 19.8 Å². The van der Waals surface area contributed by atoms with E-state index in [1.807, 2.05) is 13.0 Å². The Labute approximate surface area is 102 Å². The SMILES string of the molecule is Cc1cc(CNCC2CCOC2)ccc1Cl. The largest absolute Gasteiger partial charge is 0.381 e. The molecule has 1 N–H and O–H groups in total. The fourth-order valence-corrected chi connectivity index (χ4v) is 2.10. The van der Waals surface area contributed by atoms with E-state index in [9.17, 15) is 0 Å². The van der Waals surface area contributed by atoms with E-state index >= 15 is 0 Å². The molecule has 1 heterocycles.